The highest BCUT2D eigenvalue weighted by molar-refractivity contribution is 9.25. The van der Waals surface area contributed by atoms with Gasteiger partial charge in [-0.15, -0.1) is 0 Å². The zero-order valence-electron chi connectivity index (χ0n) is 8.46. The van der Waals surface area contributed by atoms with Crippen molar-refractivity contribution in [2.45, 2.75) is 21.4 Å². The average Bonchev–Trinajstić information content (AvgIpc) is 2.81. The predicted molar refractivity (Wildman–Crippen MR) is 70.5 cm³/mol. The highest BCUT2D eigenvalue weighted by Crippen LogP contribution is 2.92. The topological polar surface area (TPSA) is 0 Å². The van der Waals surface area contributed by atoms with E-state index in [0.717, 1.165) is 46.3 Å². The standard InChI is InChI=1S/C12H13Br3/c1-11-7-4-2-3-5(6(4)10(11)13)9(11)12(14,15)8(3)7/h3-10H,2H2,1H3/t3-,4+,5+,6-,7+,8+,9+,10+,11-/m0/s1. The first-order valence-corrected chi connectivity index (χ1v) is 8.52. The Kier molecular flexibility index (Phi) is 1.36. The lowest BCUT2D eigenvalue weighted by Crippen LogP contribution is -2.37. The van der Waals surface area contributed by atoms with E-state index in [1.807, 2.05) is 0 Å². The fraction of sp³-hybridized carbons (Fsp3) is 1.00. The summed E-state index contributed by atoms with van der Waals surface area (Å²) < 4.78 is 0.292. The molecule has 6 fully saturated rings. The third-order valence-corrected chi connectivity index (χ3v) is 10.5. The maximum atomic E-state index is 4.05. The number of alkyl halides is 3. The molecule has 6 aliphatic rings. The van der Waals surface area contributed by atoms with Crippen LogP contribution >= 0.6 is 47.8 Å². The van der Waals surface area contributed by atoms with Crippen LogP contribution in [0.5, 0.6) is 0 Å². The van der Waals surface area contributed by atoms with Crippen molar-refractivity contribution in [2.24, 2.45) is 46.8 Å². The van der Waals surface area contributed by atoms with E-state index in [1.54, 1.807) is 0 Å². The van der Waals surface area contributed by atoms with Crippen molar-refractivity contribution in [1.29, 1.82) is 0 Å². The summed E-state index contributed by atoms with van der Waals surface area (Å²) in [6, 6.07) is 0. The van der Waals surface area contributed by atoms with E-state index in [0.29, 0.717) is 8.65 Å². The van der Waals surface area contributed by atoms with Gasteiger partial charge in [0.1, 0.15) is 0 Å². The molecule has 3 heteroatoms. The lowest BCUT2D eigenvalue weighted by Gasteiger charge is -2.40. The molecule has 0 aromatic heterocycles. The quantitative estimate of drug-likeness (QED) is 0.543. The third kappa shape index (κ3) is 0.613. The molecule has 0 nitrogen and oxygen atoms in total. The van der Waals surface area contributed by atoms with Crippen molar-refractivity contribution >= 4 is 47.8 Å². The summed E-state index contributed by atoms with van der Waals surface area (Å²) in [7, 11) is 0. The van der Waals surface area contributed by atoms with Crippen LogP contribution in [-0.4, -0.2) is 8.06 Å². The summed E-state index contributed by atoms with van der Waals surface area (Å²) in [6.07, 6.45) is 1.54. The van der Waals surface area contributed by atoms with E-state index >= 15 is 0 Å². The first-order valence-electron chi connectivity index (χ1n) is 6.02. The molecule has 0 saturated heterocycles. The zero-order valence-corrected chi connectivity index (χ0v) is 13.2. The summed E-state index contributed by atoms with van der Waals surface area (Å²) in [6.45, 7) is 2.56. The van der Waals surface area contributed by atoms with Crippen molar-refractivity contribution in [3.63, 3.8) is 0 Å². The van der Waals surface area contributed by atoms with Gasteiger partial charge in [-0.05, 0) is 53.3 Å². The summed E-state index contributed by atoms with van der Waals surface area (Å²) >= 11 is 12.2. The maximum Gasteiger partial charge on any atom is 0.0875 e. The average molecular weight is 397 g/mol. The van der Waals surface area contributed by atoms with E-state index in [4.69, 9.17) is 0 Å². The Morgan fingerprint density at radius 1 is 1.07 bits per heavy atom. The monoisotopic (exact) mass is 394 g/mol. The van der Waals surface area contributed by atoms with E-state index in [2.05, 4.69) is 54.7 Å². The molecule has 0 aromatic carbocycles. The second kappa shape index (κ2) is 2.18. The molecule has 9 atom stereocenters. The molecular formula is C12H13Br3. The highest BCUT2D eigenvalue weighted by atomic mass is 79.9. The minimum absolute atomic E-state index is 0.292. The normalized spacial score (nSPS) is 79.2. The predicted octanol–water partition coefficient (Wildman–Crippen LogP) is 4.01. The molecule has 0 radical (unpaired) electrons. The lowest BCUT2D eigenvalue weighted by atomic mass is 9.64. The fourth-order valence-electron chi connectivity index (χ4n) is 7.03. The van der Waals surface area contributed by atoms with Gasteiger partial charge < -0.3 is 0 Å². The van der Waals surface area contributed by atoms with Crippen LogP contribution in [0.15, 0.2) is 0 Å². The number of rotatable bonds is 0. The molecular weight excluding hydrogens is 384 g/mol. The van der Waals surface area contributed by atoms with Gasteiger partial charge >= 0.3 is 0 Å². The molecule has 15 heavy (non-hydrogen) atoms. The molecule has 6 bridgehead atoms. The smallest absolute Gasteiger partial charge is 0.0875 e. The van der Waals surface area contributed by atoms with Crippen LogP contribution in [0.3, 0.4) is 0 Å². The molecule has 6 aliphatic carbocycles. The van der Waals surface area contributed by atoms with Crippen LogP contribution in [0.4, 0.5) is 0 Å². The van der Waals surface area contributed by atoms with Crippen LogP contribution in [-0.2, 0) is 0 Å². The van der Waals surface area contributed by atoms with E-state index in [1.165, 1.54) is 6.42 Å². The highest BCUT2D eigenvalue weighted by Gasteiger charge is 2.90. The number of hydrogen-bond donors (Lipinski definition) is 0. The van der Waals surface area contributed by atoms with Crippen LogP contribution in [0.25, 0.3) is 0 Å². The van der Waals surface area contributed by atoms with Gasteiger partial charge in [0, 0.05) is 4.83 Å². The van der Waals surface area contributed by atoms with Crippen molar-refractivity contribution < 1.29 is 0 Å². The molecule has 82 valence electrons. The van der Waals surface area contributed by atoms with Gasteiger partial charge in [0.05, 0.1) is 3.23 Å². The molecule has 0 aromatic rings. The molecule has 6 rings (SSSR count). The minimum atomic E-state index is 0.292. The van der Waals surface area contributed by atoms with Crippen molar-refractivity contribution in [3.8, 4) is 0 Å². The van der Waals surface area contributed by atoms with Gasteiger partial charge in [0.25, 0.3) is 0 Å². The summed E-state index contributed by atoms with van der Waals surface area (Å²) in [5.41, 5.74) is 0.588. The SMILES string of the molecule is C[C@@]12[C@@H]3[C@@H]4C[C@H]5[C@H]([C@H]4[C@H]1Br)[C@H]2C(Br)(Br)[C@H]53. The third-order valence-electron chi connectivity index (χ3n) is 6.85. The van der Waals surface area contributed by atoms with Crippen molar-refractivity contribution in [1.82, 2.24) is 0 Å². The van der Waals surface area contributed by atoms with Crippen molar-refractivity contribution in [2.75, 3.05) is 0 Å². The van der Waals surface area contributed by atoms with E-state index in [-0.39, 0.29) is 0 Å². The molecule has 0 heterocycles. The maximum absolute atomic E-state index is 4.05. The van der Waals surface area contributed by atoms with Gasteiger partial charge in [0.15, 0.2) is 0 Å². The summed E-state index contributed by atoms with van der Waals surface area (Å²) in [4.78, 5) is 0.807. The Morgan fingerprint density at radius 2 is 1.73 bits per heavy atom. The van der Waals surface area contributed by atoms with Gasteiger partial charge in [-0.25, -0.2) is 0 Å². The largest absolute Gasteiger partial charge is 0.0881 e. The molecule has 6 saturated carbocycles. The van der Waals surface area contributed by atoms with Crippen molar-refractivity contribution in [3.05, 3.63) is 0 Å². The number of halogens is 3. The van der Waals surface area contributed by atoms with Gasteiger partial charge in [-0.1, -0.05) is 54.7 Å². The van der Waals surface area contributed by atoms with Gasteiger partial charge in [-0.2, -0.15) is 0 Å². The molecule has 0 spiro atoms. The Morgan fingerprint density at radius 3 is 2.40 bits per heavy atom. The second-order valence-corrected chi connectivity index (χ2v) is 11.4. The zero-order chi connectivity index (χ0) is 10.3. The van der Waals surface area contributed by atoms with E-state index < -0.39 is 0 Å². The fourth-order valence-corrected chi connectivity index (χ4v) is 11.2. The Bertz CT molecular complexity index is 390. The molecule has 0 N–H and O–H groups in total. The Labute approximate surface area is 115 Å². The van der Waals surface area contributed by atoms with Gasteiger partial charge in [0.2, 0.25) is 0 Å². The first-order chi connectivity index (χ1) is 7.00. The molecule has 0 amide bonds. The first kappa shape index (κ1) is 9.38. The van der Waals surface area contributed by atoms with Crippen LogP contribution in [0.2, 0.25) is 0 Å². The second-order valence-electron chi connectivity index (χ2n) is 6.69. The Hall–Kier alpha value is 1.44. The molecule has 0 aliphatic heterocycles. The number of hydrogen-bond acceptors (Lipinski definition) is 0. The Balaban J connectivity index is 1.88. The lowest BCUT2D eigenvalue weighted by molar-refractivity contribution is 0.0700. The minimum Gasteiger partial charge on any atom is -0.0881 e. The summed E-state index contributed by atoms with van der Waals surface area (Å²) in [5.74, 6) is 6.98. The van der Waals surface area contributed by atoms with Crippen LogP contribution < -0.4 is 0 Å². The van der Waals surface area contributed by atoms with E-state index in [9.17, 15) is 0 Å². The van der Waals surface area contributed by atoms with Crippen LogP contribution in [0, 0.1) is 46.8 Å². The van der Waals surface area contributed by atoms with Crippen LogP contribution in [0.1, 0.15) is 13.3 Å². The molecule has 0 unspecified atom stereocenters. The van der Waals surface area contributed by atoms with Gasteiger partial charge in [-0.3, -0.25) is 0 Å². The summed E-state index contributed by atoms with van der Waals surface area (Å²) in [5, 5.41) is 0.